The van der Waals surface area contributed by atoms with Crippen LogP contribution in [0.4, 0.5) is 5.69 Å². The molecule has 1 aromatic carbocycles. The summed E-state index contributed by atoms with van der Waals surface area (Å²) in [5, 5.41) is 0.734. The van der Waals surface area contributed by atoms with E-state index >= 15 is 0 Å². The van der Waals surface area contributed by atoms with Crippen LogP contribution in [0.5, 0.6) is 0 Å². The minimum Gasteiger partial charge on any atom is -0.343 e. The Morgan fingerprint density at radius 2 is 1.95 bits per heavy atom. The van der Waals surface area contributed by atoms with Crippen molar-refractivity contribution in [3.05, 3.63) is 70.8 Å². The number of fused-ring (bicyclic) bond motifs is 1. The number of aromatic nitrogens is 2. The van der Waals surface area contributed by atoms with E-state index < -0.39 is 0 Å². The highest BCUT2D eigenvalue weighted by Gasteiger charge is 2.04. The second-order valence-corrected chi connectivity index (χ2v) is 4.72. The Bertz CT molecular complexity index is 770. The van der Waals surface area contributed by atoms with Crippen LogP contribution in [0.25, 0.3) is 15.9 Å². The first kappa shape index (κ1) is 14.4. The van der Waals surface area contributed by atoms with Crippen LogP contribution < -0.4 is 0 Å². The van der Waals surface area contributed by atoms with Crippen molar-refractivity contribution in [1.29, 1.82) is 0 Å². The molecule has 100 valence electrons. The third-order valence-electron chi connectivity index (χ3n) is 3.00. The molecule has 0 saturated heterocycles. The van der Waals surface area contributed by atoms with Crippen molar-refractivity contribution in [3.63, 3.8) is 0 Å². The summed E-state index contributed by atoms with van der Waals surface area (Å²) in [7, 11) is 0. The van der Waals surface area contributed by atoms with Gasteiger partial charge in [0.15, 0.2) is 0 Å². The highest BCUT2D eigenvalue weighted by molar-refractivity contribution is 6.30. The number of rotatable bonds is 2. The van der Waals surface area contributed by atoms with Crippen LogP contribution >= 0.6 is 24.0 Å². The molecule has 0 bridgehead atoms. The van der Waals surface area contributed by atoms with Gasteiger partial charge in [-0.15, -0.1) is 12.4 Å². The van der Waals surface area contributed by atoms with Gasteiger partial charge in [-0.2, -0.15) is 0 Å². The number of hydrogen-bond donors (Lipinski definition) is 0. The second-order valence-electron chi connectivity index (χ2n) is 4.28. The highest BCUT2D eigenvalue weighted by atomic mass is 35.5. The van der Waals surface area contributed by atoms with Gasteiger partial charge in [-0.1, -0.05) is 23.7 Å². The lowest BCUT2D eigenvalue weighted by Gasteiger charge is -2.06. The number of pyridine rings is 1. The molecule has 0 spiro atoms. The van der Waals surface area contributed by atoms with Crippen LogP contribution in [-0.4, -0.2) is 9.55 Å². The third-order valence-corrected chi connectivity index (χ3v) is 3.25. The average Bonchev–Trinajstić information content (AvgIpc) is 2.84. The molecule has 0 radical (unpaired) electrons. The van der Waals surface area contributed by atoms with Crippen LogP contribution in [0.2, 0.25) is 5.02 Å². The van der Waals surface area contributed by atoms with Gasteiger partial charge < -0.3 is 4.57 Å². The maximum Gasteiger partial charge on any atom is 0.207 e. The minimum absolute atomic E-state index is 0. The Balaban J connectivity index is 0.00000147. The lowest BCUT2D eigenvalue weighted by atomic mass is 10.2. The normalized spacial score (nSPS) is 10.0. The zero-order chi connectivity index (χ0) is 13.2. The fraction of sp³-hybridized carbons (Fsp3) is 0.0667. The Labute approximate surface area is 128 Å². The molecule has 0 aliphatic rings. The SMILES string of the molecule is Cl.[C-]#[N+]c1cnc2ccn(Cc3ccc(Cl)cc3)c2c1. The van der Waals surface area contributed by atoms with Crippen molar-refractivity contribution in [1.82, 2.24) is 9.55 Å². The predicted octanol–water partition coefficient (Wildman–Crippen LogP) is 4.71. The molecule has 0 fully saturated rings. The van der Waals surface area contributed by atoms with E-state index in [4.69, 9.17) is 18.2 Å². The molecule has 5 heteroatoms. The molecule has 0 aliphatic carbocycles. The highest BCUT2D eigenvalue weighted by Crippen LogP contribution is 2.21. The van der Waals surface area contributed by atoms with Gasteiger partial charge in [0.25, 0.3) is 0 Å². The predicted molar refractivity (Wildman–Crippen MR) is 83.8 cm³/mol. The Morgan fingerprint density at radius 1 is 1.20 bits per heavy atom. The van der Waals surface area contributed by atoms with Crippen LogP contribution in [0.15, 0.2) is 48.8 Å². The summed E-state index contributed by atoms with van der Waals surface area (Å²) < 4.78 is 2.08. The Hall–Kier alpha value is -2.02. The van der Waals surface area contributed by atoms with Gasteiger partial charge in [0.05, 0.1) is 17.6 Å². The van der Waals surface area contributed by atoms with Crippen molar-refractivity contribution >= 4 is 40.7 Å². The van der Waals surface area contributed by atoms with Gasteiger partial charge >= 0.3 is 0 Å². The average molecular weight is 304 g/mol. The fourth-order valence-electron chi connectivity index (χ4n) is 2.04. The number of nitrogens with zero attached hydrogens (tertiary/aromatic N) is 3. The molecule has 3 nitrogen and oxygen atoms in total. The summed E-state index contributed by atoms with van der Waals surface area (Å²) in [4.78, 5) is 7.69. The molecule has 2 aromatic heterocycles. The summed E-state index contributed by atoms with van der Waals surface area (Å²) in [5.74, 6) is 0. The van der Waals surface area contributed by atoms with Crippen molar-refractivity contribution < 1.29 is 0 Å². The molecule has 0 atom stereocenters. The summed E-state index contributed by atoms with van der Waals surface area (Å²) in [5.41, 5.74) is 3.60. The van der Waals surface area contributed by atoms with Crippen LogP contribution in [0, 0.1) is 6.57 Å². The summed E-state index contributed by atoms with van der Waals surface area (Å²) in [6, 6.07) is 11.6. The largest absolute Gasteiger partial charge is 0.343 e. The van der Waals surface area contributed by atoms with Crippen molar-refractivity contribution in [2.45, 2.75) is 6.54 Å². The zero-order valence-corrected chi connectivity index (χ0v) is 12.0. The number of hydrogen-bond acceptors (Lipinski definition) is 1. The van der Waals surface area contributed by atoms with Gasteiger partial charge in [-0.3, -0.25) is 4.98 Å². The quantitative estimate of drug-likeness (QED) is 0.628. The lowest BCUT2D eigenvalue weighted by Crippen LogP contribution is -1.97. The molecule has 2 heterocycles. The Kier molecular flexibility index (Phi) is 4.29. The molecule has 0 saturated carbocycles. The molecular weight excluding hydrogens is 293 g/mol. The van der Waals surface area contributed by atoms with E-state index in [0.717, 1.165) is 28.2 Å². The van der Waals surface area contributed by atoms with Gasteiger partial charge in [-0.05, 0) is 29.8 Å². The number of halogens is 2. The molecule has 0 N–H and O–H groups in total. The van der Waals surface area contributed by atoms with Crippen LogP contribution in [0.1, 0.15) is 5.56 Å². The van der Waals surface area contributed by atoms with Crippen LogP contribution in [0.3, 0.4) is 0 Å². The monoisotopic (exact) mass is 303 g/mol. The van der Waals surface area contributed by atoms with E-state index in [1.54, 1.807) is 6.20 Å². The molecule has 20 heavy (non-hydrogen) atoms. The van der Waals surface area contributed by atoms with E-state index in [-0.39, 0.29) is 12.4 Å². The van der Waals surface area contributed by atoms with Crippen molar-refractivity contribution in [3.8, 4) is 0 Å². The summed E-state index contributed by atoms with van der Waals surface area (Å²) in [6.45, 7) is 7.79. The van der Waals surface area contributed by atoms with E-state index in [0.29, 0.717) is 5.69 Å². The van der Waals surface area contributed by atoms with E-state index in [2.05, 4.69) is 14.4 Å². The molecule has 0 amide bonds. The van der Waals surface area contributed by atoms with E-state index in [9.17, 15) is 0 Å². The molecular formula is C15H11Cl2N3. The maximum atomic E-state index is 7.05. The summed E-state index contributed by atoms with van der Waals surface area (Å²) in [6.07, 6.45) is 3.59. The lowest BCUT2D eigenvalue weighted by molar-refractivity contribution is 0.837. The first-order valence-corrected chi connectivity index (χ1v) is 6.21. The third kappa shape index (κ3) is 2.77. The first-order chi connectivity index (χ1) is 9.26. The molecule has 0 aliphatic heterocycles. The van der Waals surface area contributed by atoms with Crippen LogP contribution in [-0.2, 0) is 6.54 Å². The maximum absolute atomic E-state index is 7.05. The molecule has 0 unspecified atom stereocenters. The van der Waals surface area contributed by atoms with Gasteiger partial charge in [0.2, 0.25) is 5.69 Å². The van der Waals surface area contributed by atoms with Crippen molar-refractivity contribution in [2.24, 2.45) is 0 Å². The topological polar surface area (TPSA) is 22.2 Å². The Morgan fingerprint density at radius 3 is 2.65 bits per heavy atom. The molecule has 3 aromatic rings. The number of benzene rings is 1. The van der Waals surface area contributed by atoms with Gasteiger partial charge in [0.1, 0.15) is 0 Å². The standard InChI is InChI=1S/C15H10ClN3.ClH/c1-17-13-8-15-14(18-9-13)6-7-19(15)10-11-2-4-12(16)5-3-11;/h2-9H,10H2;1H. The summed E-state index contributed by atoms with van der Waals surface area (Å²) >= 11 is 5.88. The van der Waals surface area contributed by atoms with Gasteiger partial charge in [0, 0.05) is 24.0 Å². The van der Waals surface area contributed by atoms with E-state index in [1.165, 1.54) is 0 Å². The smallest absolute Gasteiger partial charge is 0.207 e. The van der Waals surface area contributed by atoms with E-state index in [1.807, 2.05) is 42.6 Å². The first-order valence-electron chi connectivity index (χ1n) is 5.83. The van der Waals surface area contributed by atoms with Gasteiger partial charge in [-0.25, -0.2) is 4.85 Å². The minimum atomic E-state index is 0. The molecule has 3 rings (SSSR count). The zero-order valence-electron chi connectivity index (χ0n) is 10.5. The fourth-order valence-corrected chi connectivity index (χ4v) is 2.16. The van der Waals surface area contributed by atoms with Crippen molar-refractivity contribution in [2.75, 3.05) is 0 Å². The second kappa shape index (κ2) is 5.96.